The van der Waals surface area contributed by atoms with Crippen LogP contribution in [0.5, 0.6) is 0 Å². The molecule has 0 radical (unpaired) electrons. The lowest BCUT2D eigenvalue weighted by molar-refractivity contribution is -0.0109. The summed E-state index contributed by atoms with van der Waals surface area (Å²) >= 11 is 0. The Bertz CT molecular complexity index is 102. The summed E-state index contributed by atoms with van der Waals surface area (Å²) in [7, 11) is 0. The fourth-order valence-corrected chi connectivity index (χ4v) is 0.121. The van der Waals surface area contributed by atoms with Gasteiger partial charge in [-0.1, -0.05) is 0 Å². The lowest BCUT2D eigenvalue weighted by Gasteiger charge is -2.11. The largest absolute Gasteiger partial charge is 0.392 e. The van der Waals surface area contributed by atoms with Crippen molar-refractivity contribution < 1.29 is 15.3 Å². The standard InChI is InChI=1S/C4H7NO3/c5-1-4(8,2-6)3-7/h6-8H,2-3H2. The van der Waals surface area contributed by atoms with Gasteiger partial charge in [0.05, 0.1) is 13.2 Å². The third-order valence-corrected chi connectivity index (χ3v) is 0.731. The van der Waals surface area contributed by atoms with Crippen molar-refractivity contribution in [1.29, 1.82) is 5.26 Å². The molecule has 0 aliphatic carbocycles. The van der Waals surface area contributed by atoms with Crippen LogP contribution in [0.25, 0.3) is 0 Å². The molecule has 3 N–H and O–H groups in total. The molecule has 4 heteroatoms. The molecular weight excluding hydrogens is 110 g/mol. The average molecular weight is 117 g/mol. The van der Waals surface area contributed by atoms with Gasteiger partial charge < -0.3 is 15.3 Å². The first-order valence-corrected chi connectivity index (χ1v) is 2.04. The molecule has 4 nitrogen and oxygen atoms in total. The predicted molar refractivity (Wildman–Crippen MR) is 24.7 cm³/mol. The van der Waals surface area contributed by atoms with E-state index < -0.39 is 18.8 Å². The number of nitrogens with zero attached hydrogens (tertiary/aromatic N) is 1. The van der Waals surface area contributed by atoms with Crippen LogP contribution >= 0.6 is 0 Å². The van der Waals surface area contributed by atoms with Crippen molar-refractivity contribution in [2.45, 2.75) is 5.60 Å². The summed E-state index contributed by atoms with van der Waals surface area (Å²) in [5.41, 5.74) is -1.96. The first-order chi connectivity index (χ1) is 3.68. The highest BCUT2D eigenvalue weighted by Gasteiger charge is 2.23. The summed E-state index contributed by atoms with van der Waals surface area (Å²) in [5.74, 6) is 0. The molecule has 46 valence electrons. The Hall–Kier alpha value is -0.630. The van der Waals surface area contributed by atoms with Crippen LogP contribution < -0.4 is 0 Å². The topological polar surface area (TPSA) is 84.5 Å². The van der Waals surface area contributed by atoms with Crippen LogP contribution in [0.3, 0.4) is 0 Å². The molecule has 0 aromatic heterocycles. The molecule has 0 spiro atoms. The minimum Gasteiger partial charge on any atom is -0.392 e. The van der Waals surface area contributed by atoms with Crippen molar-refractivity contribution in [1.82, 2.24) is 0 Å². The van der Waals surface area contributed by atoms with Gasteiger partial charge in [-0.25, -0.2) is 0 Å². The summed E-state index contributed by atoms with van der Waals surface area (Å²) < 4.78 is 0. The normalized spacial score (nSPS) is 10.8. The van der Waals surface area contributed by atoms with Gasteiger partial charge >= 0.3 is 0 Å². The van der Waals surface area contributed by atoms with E-state index in [-0.39, 0.29) is 0 Å². The third-order valence-electron chi connectivity index (χ3n) is 0.731. The molecule has 0 aliphatic rings. The van der Waals surface area contributed by atoms with Crippen LogP contribution in [0.2, 0.25) is 0 Å². The maximum absolute atomic E-state index is 8.58. The highest BCUT2D eigenvalue weighted by molar-refractivity contribution is 4.99. The number of hydrogen-bond acceptors (Lipinski definition) is 4. The van der Waals surface area contributed by atoms with Crippen molar-refractivity contribution in [3.8, 4) is 6.07 Å². The number of hydrogen-bond donors (Lipinski definition) is 3. The van der Waals surface area contributed by atoms with Gasteiger partial charge in [-0.3, -0.25) is 0 Å². The van der Waals surface area contributed by atoms with Crippen molar-refractivity contribution in [2.24, 2.45) is 0 Å². The molecule has 0 atom stereocenters. The van der Waals surface area contributed by atoms with Gasteiger partial charge in [0.1, 0.15) is 6.07 Å². The van der Waals surface area contributed by atoms with Gasteiger partial charge in [-0.2, -0.15) is 5.26 Å². The van der Waals surface area contributed by atoms with E-state index in [4.69, 9.17) is 20.6 Å². The Balaban J connectivity index is 3.83. The molecule has 0 saturated carbocycles. The van der Waals surface area contributed by atoms with Crippen LogP contribution in [-0.2, 0) is 0 Å². The summed E-state index contributed by atoms with van der Waals surface area (Å²) in [4.78, 5) is 0. The molecule has 0 aromatic rings. The Labute approximate surface area is 46.6 Å². The molecule has 0 saturated heterocycles. The Morgan fingerprint density at radius 2 is 1.75 bits per heavy atom. The van der Waals surface area contributed by atoms with E-state index in [1.807, 2.05) is 0 Å². The van der Waals surface area contributed by atoms with Crippen LogP contribution in [0.1, 0.15) is 0 Å². The minimum atomic E-state index is -1.96. The summed E-state index contributed by atoms with van der Waals surface area (Å²) in [6, 6.07) is 1.33. The molecule has 0 aromatic carbocycles. The highest BCUT2D eigenvalue weighted by Crippen LogP contribution is 1.96. The number of nitriles is 1. The molecule has 8 heavy (non-hydrogen) atoms. The quantitative estimate of drug-likeness (QED) is 0.373. The van der Waals surface area contributed by atoms with Gasteiger partial charge in [-0.15, -0.1) is 0 Å². The van der Waals surface area contributed by atoms with E-state index >= 15 is 0 Å². The highest BCUT2D eigenvalue weighted by atomic mass is 16.4. The monoisotopic (exact) mass is 117 g/mol. The molecule has 0 fully saturated rings. The smallest absolute Gasteiger partial charge is 0.197 e. The molecule has 0 aliphatic heterocycles. The lowest BCUT2D eigenvalue weighted by Crippen LogP contribution is -2.35. The number of aliphatic hydroxyl groups is 3. The number of rotatable bonds is 2. The van der Waals surface area contributed by atoms with E-state index in [1.165, 1.54) is 6.07 Å². The van der Waals surface area contributed by atoms with E-state index in [1.54, 1.807) is 0 Å². The number of aliphatic hydroxyl groups excluding tert-OH is 2. The second kappa shape index (κ2) is 2.62. The fraction of sp³-hybridized carbons (Fsp3) is 0.750. The zero-order valence-electron chi connectivity index (χ0n) is 4.20. The zero-order valence-corrected chi connectivity index (χ0v) is 4.20. The zero-order chi connectivity index (χ0) is 6.62. The SMILES string of the molecule is N#CC(O)(CO)CO. The van der Waals surface area contributed by atoms with Crippen molar-refractivity contribution in [3.63, 3.8) is 0 Å². The van der Waals surface area contributed by atoms with Gasteiger partial charge in [0.2, 0.25) is 0 Å². The molecule has 0 amide bonds. The van der Waals surface area contributed by atoms with Crippen molar-refractivity contribution >= 4 is 0 Å². The van der Waals surface area contributed by atoms with Gasteiger partial charge in [0.25, 0.3) is 0 Å². The summed E-state index contributed by atoms with van der Waals surface area (Å²) in [6.07, 6.45) is 0. The third kappa shape index (κ3) is 1.46. The Kier molecular flexibility index (Phi) is 2.42. The van der Waals surface area contributed by atoms with E-state index in [2.05, 4.69) is 0 Å². The molecule has 0 unspecified atom stereocenters. The van der Waals surface area contributed by atoms with Gasteiger partial charge in [0.15, 0.2) is 5.60 Å². The maximum Gasteiger partial charge on any atom is 0.197 e. The molecule has 0 heterocycles. The van der Waals surface area contributed by atoms with Crippen LogP contribution in [-0.4, -0.2) is 34.1 Å². The average Bonchev–Trinajstić information content (AvgIpc) is 1.87. The summed E-state index contributed by atoms with van der Waals surface area (Å²) in [6.45, 7) is -1.47. The maximum atomic E-state index is 8.58. The fourth-order valence-electron chi connectivity index (χ4n) is 0.121. The first-order valence-electron chi connectivity index (χ1n) is 2.04. The van der Waals surface area contributed by atoms with Crippen LogP contribution in [0.15, 0.2) is 0 Å². The summed E-state index contributed by atoms with van der Waals surface area (Å²) in [5, 5.41) is 32.8. The Morgan fingerprint density at radius 3 is 1.75 bits per heavy atom. The molecular formula is C4H7NO3. The van der Waals surface area contributed by atoms with E-state index in [0.717, 1.165) is 0 Å². The molecule has 0 rings (SSSR count). The van der Waals surface area contributed by atoms with Crippen molar-refractivity contribution in [2.75, 3.05) is 13.2 Å². The molecule has 0 bridgehead atoms. The Morgan fingerprint density at radius 1 is 1.38 bits per heavy atom. The second-order valence-corrected chi connectivity index (χ2v) is 1.46. The van der Waals surface area contributed by atoms with E-state index in [0.29, 0.717) is 0 Å². The predicted octanol–water partition coefficient (Wildman–Crippen LogP) is -1.77. The minimum absolute atomic E-state index is 0.736. The van der Waals surface area contributed by atoms with Gasteiger partial charge in [0, 0.05) is 0 Å². The van der Waals surface area contributed by atoms with Gasteiger partial charge in [-0.05, 0) is 0 Å². The van der Waals surface area contributed by atoms with Crippen LogP contribution in [0.4, 0.5) is 0 Å². The lowest BCUT2D eigenvalue weighted by atomic mass is 10.1. The van der Waals surface area contributed by atoms with Crippen molar-refractivity contribution in [3.05, 3.63) is 0 Å². The first kappa shape index (κ1) is 7.37. The van der Waals surface area contributed by atoms with Crippen LogP contribution in [0, 0.1) is 11.3 Å². The van der Waals surface area contributed by atoms with E-state index in [9.17, 15) is 0 Å². The second-order valence-electron chi connectivity index (χ2n) is 1.46.